The van der Waals surface area contributed by atoms with Crippen LogP contribution in [0, 0.1) is 5.41 Å². The van der Waals surface area contributed by atoms with Crippen LogP contribution in [0.4, 0.5) is 0 Å². The number of aryl methyl sites for hydroxylation is 1. The lowest BCUT2D eigenvalue weighted by Gasteiger charge is -2.35. The fourth-order valence-corrected chi connectivity index (χ4v) is 2.13. The first-order chi connectivity index (χ1) is 7.41. The van der Waals surface area contributed by atoms with Gasteiger partial charge < -0.3 is 10.1 Å². The van der Waals surface area contributed by atoms with E-state index in [1.165, 1.54) is 0 Å². The van der Waals surface area contributed by atoms with Gasteiger partial charge in [-0.25, -0.2) is 0 Å². The van der Waals surface area contributed by atoms with Crippen molar-refractivity contribution in [2.75, 3.05) is 14.2 Å². The van der Waals surface area contributed by atoms with E-state index in [2.05, 4.69) is 31.2 Å². The van der Waals surface area contributed by atoms with E-state index in [9.17, 15) is 0 Å². The van der Waals surface area contributed by atoms with E-state index in [1.807, 2.05) is 31.0 Å². The number of likely N-dealkylation sites (N-methyl/N-ethyl adjacent to an activating group) is 1. The number of hydrogen-bond donors (Lipinski definition) is 1. The van der Waals surface area contributed by atoms with Crippen LogP contribution < -0.4 is 5.32 Å². The fraction of sp³-hybridized carbons (Fsp3) is 0.750. The number of nitrogens with one attached hydrogen (secondary N) is 1. The first-order valence-electron chi connectivity index (χ1n) is 5.59. The standard InChI is InChI=1S/C12H23N3O/c1-12(2,3)11(16-6)10(13-4)9-7-8-14-15(9)5/h7-8,10-11,13H,1-6H3. The smallest absolute Gasteiger partial charge is 0.0829 e. The topological polar surface area (TPSA) is 39.1 Å². The molecular formula is C12H23N3O. The molecule has 0 fully saturated rings. The first kappa shape index (κ1) is 13.2. The molecule has 2 unspecified atom stereocenters. The van der Waals surface area contributed by atoms with E-state index >= 15 is 0 Å². The van der Waals surface area contributed by atoms with Crippen molar-refractivity contribution in [2.45, 2.75) is 32.9 Å². The van der Waals surface area contributed by atoms with Gasteiger partial charge in [0.1, 0.15) is 0 Å². The van der Waals surface area contributed by atoms with Crippen molar-refractivity contribution in [3.63, 3.8) is 0 Å². The van der Waals surface area contributed by atoms with Crippen LogP contribution in [0.15, 0.2) is 12.3 Å². The van der Waals surface area contributed by atoms with Gasteiger partial charge in [0.2, 0.25) is 0 Å². The highest BCUT2D eigenvalue weighted by Crippen LogP contribution is 2.31. The molecule has 1 heterocycles. The molecule has 1 rings (SSSR count). The second-order valence-corrected chi connectivity index (χ2v) is 5.17. The molecule has 0 aliphatic heterocycles. The van der Waals surface area contributed by atoms with Crippen LogP contribution in [0.1, 0.15) is 32.5 Å². The summed E-state index contributed by atoms with van der Waals surface area (Å²) in [6.45, 7) is 6.55. The predicted molar refractivity (Wildman–Crippen MR) is 65.3 cm³/mol. The van der Waals surface area contributed by atoms with Crippen molar-refractivity contribution in [3.05, 3.63) is 18.0 Å². The van der Waals surface area contributed by atoms with Gasteiger partial charge in [-0.1, -0.05) is 20.8 Å². The largest absolute Gasteiger partial charge is 0.379 e. The Morgan fingerprint density at radius 2 is 2.06 bits per heavy atom. The molecular weight excluding hydrogens is 202 g/mol. The second kappa shape index (κ2) is 4.97. The minimum atomic E-state index is 0.0761. The molecule has 1 N–H and O–H groups in total. The molecule has 4 heteroatoms. The molecule has 92 valence electrons. The zero-order chi connectivity index (χ0) is 12.3. The van der Waals surface area contributed by atoms with Crippen LogP contribution in [0.5, 0.6) is 0 Å². The van der Waals surface area contributed by atoms with Crippen molar-refractivity contribution in [3.8, 4) is 0 Å². The van der Waals surface area contributed by atoms with E-state index in [-0.39, 0.29) is 17.6 Å². The van der Waals surface area contributed by atoms with Gasteiger partial charge in [-0.3, -0.25) is 4.68 Å². The molecule has 0 saturated carbocycles. The summed E-state index contributed by atoms with van der Waals surface area (Å²) >= 11 is 0. The van der Waals surface area contributed by atoms with E-state index in [0.29, 0.717) is 0 Å². The summed E-state index contributed by atoms with van der Waals surface area (Å²) in [4.78, 5) is 0. The van der Waals surface area contributed by atoms with Crippen molar-refractivity contribution >= 4 is 0 Å². The van der Waals surface area contributed by atoms with Gasteiger partial charge in [0.15, 0.2) is 0 Å². The third-order valence-electron chi connectivity index (χ3n) is 2.90. The average Bonchev–Trinajstić information content (AvgIpc) is 2.58. The second-order valence-electron chi connectivity index (χ2n) is 5.17. The zero-order valence-corrected chi connectivity index (χ0v) is 11.1. The highest BCUT2D eigenvalue weighted by molar-refractivity contribution is 5.10. The normalized spacial score (nSPS) is 16.1. The Bertz CT molecular complexity index is 327. The SMILES string of the molecule is CNC(c1ccnn1C)C(OC)C(C)(C)C. The van der Waals surface area contributed by atoms with Crippen LogP contribution in [0.2, 0.25) is 0 Å². The maximum Gasteiger partial charge on any atom is 0.0829 e. The molecule has 0 spiro atoms. The minimum absolute atomic E-state index is 0.0761. The fourth-order valence-electron chi connectivity index (χ4n) is 2.13. The molecule has 0 amide bonds. The molecule has 16 heavy (non-hydrogen) atoms. The molecule has 0 bridgehead atoms. The molecule has 0 saturated heterocycles. The van der Waals surface area contributed by atoms with E-state index in [4.69, 9.17) is 4.74 Å². The Hall–Kier alpha value is -0.870. The lowest BCUT2D eigenvalue weighted by atomic mass is 9.83. The molecule has 0 aliphatic rings. The van der Waals surface area contributed by atoms with Gasteiger partial charge in [-0.15, -0.1) is 0 Å². The van der Waals surface area contributed by atoms with Crippen LogP contribution >= 0.6 is 0 Å². The van der Waals surface area contributed by atoms with Crippen molar-refractivity contribution in [2.24, 2.45) is 12.5 Å². The Labute approximate surface area is 98.0 Å². The lowest BCUT2D eigenvalue weighted by molar-refractivity contribution is -0.0120. The van der Waals surface area contributed by atoms with Crippen LogP contribution in [0.25, 0.3) is 0 Å². The minimum Gasteiger partial charge on any atom is -0.379 e. The van der Waals surface area contributed by atoms with Crippen molar-refractivity contribution in [1.82, 2.24) is 15.1 Å². The summed E-state index contributed by atoms with van der Waals surface area (Å²) in [5.41, 5.74) is 1.22. The van der Waals surface area contributed by atoms with Crippen LogP contribution in [-0.4, -0.2) is 30.0 Å². The third-order valence-corrected chi connectivity index (χ3v) is 2.90. The maximum atomic E-state index is 5.64. The number of nitrogens with zero attached hydrogens (tertiary/aromatic N) is 2. The average molecular weight is 225 g/mol. The third kappa shape index (κ3) is 2.62. The van der Waals surface area contributed by atoms with Gasteiger partial charge in [0.25, 0.3) is 0 Å². The number of aromatic nitrogens is 2. The summed E-state index contributed by atoms with van der Waals surface area (Å²) in [5.74, 6) is 0. The number of hydrogen-bond acceptors (Lipinski definition) is 3. The summed E-state index contributed by atoms with van der Waals surface area (Å²) < 4.78 is 7.53. The zero-order valence-electron chi connectivity index (χ0n) is 11.1. The lowest BCUT2D eigenvalue weighted by Crippen LogP contribution is -2.41. The highest BCUT2D eigenvalue weighted by Gasteiger charge is 2.33. The van der Waals surface area contributed by atoms with Gasteiger partial charge in [0, 0.05) is 20.4 Å². The quantitative estimate of drug-likeness (QED) is 0.848. The molecule has 4 nitrogen and oxygen atoms in total. The molecule has 1 aromatic heterocycles. The number of ether oxygens (including phenoxy) is 1. The van der Waals surface area contributed by atoms with Gasteiger partial charge in [-0.05, 0) is 18.5 Å². The monoisotopic (exact) mass is 225 g/mol. The van der Waals surface area contributed by atoms with Crippen molar-refractivity contribution in [1.29, 1.82) is 0 Å². The summed E-state index contributed by atoms with van der Waals surface area (Å²) in [6, 6.07) is 2.18. The van der Waals surface area contributed by atoms with Crippen molar-refractivity contribution < 1.29 is 4.74 Å². The van der Waals surface area contributed by atoms with Crippen LogP contribution in [0.3, 0.4) is 0 Å². The summed E-state index contributed by atoms with van der Waals surface area (Å²) in [6.07, 6.45) is 1.92. The predicted octanol–water partition coefficient (Wildman–Crippen LogP) is 1.74. The molecule has 0 aromatic carbocycles. The molecule has 0 aliphatic carbocycles. The molecule has 2 atom stereocenters. The Morgan fingerprint density at radius 1 is 1.44 bits per heavy atom. The molecule has 1 aromatic rings. The van der Waals surface area contributed by atoms with Gasteiger partial charge >= 0.3 is 0 Å². The van der Waals surface area contributed by atoms with Crippen LogP contribution in [-0.2, 0) is 11.8 Å². The van der Waals surface area contributed by atoms with E-state index in [0.717, 1.165) is 5.69 Å². The van der Waals surface area contributed by atoms with Gasteiger partial charge in [0.05, 0.1) is 17.8 Å². The highest BCUT2D eigenvalue weighted by atomic mass is 16.5. The Kier molecular flexibility index (Phi) is 4.10. The summed E-state index contributed by atoms with van der Waals surface area (Å²) in [7, 11) is 5.67. The number of methoxy groups -OCH3 is 1. The van der Waals surface area contributed by atoms with Gasteiger partial charge in [-0.2, -0.15) is 5.10 Å². The Morgan fingerprint density at radius 3 is 2.38 bits per heavy atom. The van der Waals surface area contributed by atoms with E-state index < -0.39 is 0 Å². The molecule has 0 radical (unpaired) electrons. The summed E-state index contributed by atoms with van der Waals surface area (Å²) in [5, 5.41) is 7.52. The first-order valence-corrected chi connectivity index (χ1v) is 5.59. The maximum absolute atomic E-state index is 5.64. The number of rotatable bonds is 4. The van der Waals surface area contributed by atoms with E-state index in [1.54, 1.807) is 7.11 Å². The Balaban J connectivity index is 3.02.